The molecule has 0 spiro atoms. The summed E-state index contributed by atoms with van der Waals surface area (Å²) in [5, 5.41) is 17.5. The van der Waals surface area contributed by atoms with Gasteiger partial charge >= 0.3 is 6.18 Å². The molecular weight excluding hydrogens is 423 g/mol. The van der Waals surface area contributed by atoms with Gasteiger partial charge in [-0.15, -0.1) is 31.7 Å². The van der Waals surface area contributed by atoms with Crippen molar-refractivity contribution < 1.29 is 17.6 Å². The second kappa shape index (κ2) is 6.80. The maximum Gasteiger partial charge on any atom is 0.417 e. The molecule has 0 saturated carbocycles. The van der Waals surface area contributed by atoms with Crippen molar-refractivity contribution in [1.29, 1.82) is 0 Å². The molecular formula is C15H9ClF3N5OS2. The zero-order chi connectivity index (χ0) is 19.2. The van der Waals surface area contributed by atoms with E-state index >= 15 is 0 Å². The second-order valence-corrected chi connectivity index (χ2v) is 8.10. The number of halogens is 4. The van der Waals surface area contributed by atoms with Gasteiger partial charge in [-0.1, -0.05) is 29.4 Å². The van der Waals surface area contributed by atoms with E-state index in [2.05, 4.69) is 20.4 Å². The van der Waals surface area contributed by atoms with E-state index < -0.39 is 11.7 Å². The molecule has 0 aliphatic heterocycles. The largest absolute Gasteiger partial charge is 0.419 e. The summed E-state index contributed by atoms with van der Waals surface area (Å²) in [6.45, 7) is 1.78. The van der Waals surface area contributed by atoms with Gasteiger partial charge in [0.05, 0.1) is 20.7 Å². The van der Waals surface area contributed by atoms with Gasteiger partial charge in [0.2, 0.25) is 5.89 Å². The Hall–Kier alpha value is -2.11. The summed E-state index contributed by atoms with van der Waals surface area (Å²) >= 11 is 8.53. The van der Waals surface area contributed by atoms with Crippen LogP contribution in [-0.4, -0.2) is 24.8 Å². The summed E-state index contributed by atoms with van der Waals surface area (Å²) in [6.07, 6.45) is -3.61. The Labute approximate surface area is 163 Å². The summed E-state index contributed by atoms with van der Waals surface area (Å²) in [5.41, 5.74) is -0.740. The number of nitrogens with zero attached hydrogens (tertiary/aromatic N) is 5. The monoisotopic (exact) mass is 431 g/mol. The average molecular weight is 432 g/mol. The number of alkyl halides is 3. The highest BCUT2D eigenvalue weighted by Crippen LogP contribution is 2.37. The fraction of sp³-hybridized carbons (Fsp3) is 0.200. The highest BCUT2D eigenvalue weighted by atomic mass is 35.5. The van der Waals surface area contributed by atoms with Crippen molar-refractivity contribution in [2.75, 3.05) is 0 Å². The van der Waals surface area contributed by atoms with Crippen LogP contribution in [0.3, 0.4) is 0 Å². The molecule has 4 aromatic heterocycles. The molecule has 4 aromatic rings. The highest BCUT2D eigenvalue weighted by molar-refractivity contribution is 7.99. The van der Waals surface area contributed by atoms with Crippen LogP contribution in [0.5, 0.6) is 0 Å². The Bertz CT molecular complexity index is 1090. The van der Waals surface area contributed by atoms with Crippen molar-refractivity contribution in [3.8, 4) is 10.8 Å². The summed E-state index contributed by atoms with van der Waals surface area (Å²) < 4.78 is 46.0. The van der Waals surface area contributed by atoms with Crippen LogP contribution >= 0.6 is 34.7 Å². The SMILES string of the molecule is CC(Sc1nnc2c(Cl)cc(C(F)(F)F)cn12)c1nnc(-c2cccs2)o1. The fourth-order valence-corrected chi connectivity index (χ4v) is 4.02. The highest BCUT2D eigenvalue weighted by Gasteiger charge is 2.32. The van der Waals surface area contributed by atoms with E-state index in [4.69, 9.17) is 16.0 Å². The maximum absolute atomic E-state index is 13.0. The van der Waals surface area contributed by atoms with E-state index in [9.17, 15) is 13.2 Å². The molecule has 4 heterocycles. The molecule has 1 atom stereocenters. The zero-order valence-corrected chi connectivity index (χ0v) is 15.8. The van der Waals surface area contributed by atoms with E-state index in [1.165, 1.54) is 15.7 Å². The molecule has 6 nitrogen and oxygen atoms in total. The Morgan fingerprint density at radius 3 is 2.78 bits per heavy atom. The Morgan fingerprint density at radius 1 is 1.26 bits per heavy atom. The predicted octanol–water partition coefficient (Wildman–Crippen LogP) is 5.37. The Balaban J connectivity index is 1.64. The van der Waals surface area contributed by atoms with Crippen LogP contribution < -0.4 is 0 Å². The van der Waals surface area contributed by atoms with E-state index in [1.807, 2.05) is 17.5 Å². The van der Waals surface area contributed by atoms with Crippen molar-refractivity contribution in [2.45, 2.75) is 23.5 Å². The van der Waals surface area contributed by atoms with E-state index in [0.717, 1.165) is 28.9 Å². The number of pyridine rings is 1. The van der Waals surface area contributed by atoms with Crippen molar-refractivity contribution in [3.63, 3.8) is 0 Å². The van der Waals surface area contributed by atoms with Gasteiger partial charge in [-0.25, -0.2) is 0 Å². The molecule has 0 radical (unpaired) electrons. The number of rotatable bonds is 4. The fourth-order valence-electron chi connectivity index (χ4n) is 2.28. The quantitative estimate of drug-likeness (QED) is 0.405. The molecule has 140 valence electrons. The first-order valence-electron chi connectivity index (χ1n) is 7.48. The van der Waals surface area contributed by atoms with Gasteiger partial charge in [0.1, 0.15) is 0 Å². The van der Waals surface area contributed by atoms with Crippen LogP contribution in [0.1, 0.15) is 23.6 Å². The van der Waals surface area contributed by atoms with Crippen LogP contribution in [0.4, 0.5) is 13.2 Å². The molecule has 1 unspecified atom stereocenters. The molecule has 0 aliphatic rings. The third-order valence-corrected chi connectivity index (χ3v) is 5.74. The standard InChI is InChI=1S/C15H9ClF3N5OS2/c1-7(12-21-22-13(25-12)10-3-2-4-26-10)27-14-23-20-11-9(16)5-8(6-24(11)14)15(17,18)19/h2-7H,1H3. The minimum absolute atomic E-state index is 0.130. The summed E-state index contributed by atoms with van der Waals surface area (Å²) in [5.74, 6) is 0.721. The molecule has 0 amide bonds. The predicted molar refractivity (Wildman–Crippen MR) is 94.9 cm³/mol. The average Bonchev–Trinajstić information content (AvgIpc) is 3.34. The summed E-state index contributed by atoms with van der Waals surface area (Å²) in [6, 6.07) is 4.55. The normalized spacial score (nSPS) is 13.4. The van der Waals surface area contributed by atoms with Gasteiger partial charge in [0.15, 0.2) is 10.8 Å². The first-order valence-corrected chi connectivity index (χ1v) is 9.62. The number of hydrogen-bond donors (Lipinski definition) is 0. The molecule has 0 N–H and O–H groups in total. The van der Waals surface area contributed by atoms with E-state index in [1.54, 1.807) is 6.92 Å². The van der Waals surface area contributed by atoms with Gasteiger partial charge in [-0.05, 0) is 24.4 Å². The molecule has 12 heteroatoms. The lowest BCUT2D eigenvalue weighted by Crippen LogP contribution is -2.07. The maximum atomic E-state index is 13.0. The van der Waals surface area contributed by atoms with E-state index in [0.29, 0.717) is 11.8 Å². The first kappa shape index (κ1) is 18.3. The minimum Gasteiger partial charge on any atom is -0.419 e. The molecule has 0 bridgehead atoms. The number of thiophene rings is 1. The van der Waals surface area contributed by atoms with Crippen molar-refractivity contribution in [2.24, 2.45) is 0 Å². The van der Waals surface area contributed by atoms with Crippen molar-refractivity contribution in [3.05, 3.63) is 46.3 Å². The number of fused-ring (bicyclic) bond motifs is 1. The lowest BCUT2D eigenvalue weighted by atomic mass is 10.3. The second-order valence-electron chi connectivity index (χ2n) is 5.43. The molecule has 27 heavy (non-hydrogen) atoms. The lowest BCUT2D eigenvalue weighted by Gasteiger charge is -2.09. The number of aromatic nitrogens is 5. The smallest absolute Gasteiger partial charge is 0.417 e. The van der Waals surface area contributed by atoms with Gasteiger partial charge in [0.25, 0.3) is 5.89 Å². The Morgan fingerprint density at radius 2 is 2.07 bits per heavy atom. The van der Waals surface area contributed by atoms with Crippen LogP contribution in [0.15, 0.2) is 39.3 Å². The minimum atomic E-state index is -4.53. The Kier molecular flexibility index (Phi) is 4.60. The van der Waals surface area contributed by atoms with Gasteiger partial charge in [-0.3, -0.25) is 4.40 Å². The van der Waals surface area contributed by atoms with Gasteiger partial charge < -0.3 is 4.42 Å². The first-order chi connectivity index (χ1) is 12.8. The van der Waals surface area contributed by atoms with E-state index in [-0.39, 0.29) is 21.1 Å². The van der Waals surface area contributed by atoms with Crippen molar-refractivity contribution in [1.82, 2.24) is 24.8 Å². The topological polar surface area (TPSA) is 69.1 Å². The van der Waals surface area contributed by atoms with Crippen LogP contribution in [0.25, 0.3) is 16.4 Å². The lowest BCUT2D eigenvalue weighted by molar-refractivity contribution is -0.137. The van der Waals surface area contributed by atoms with Gasteiger partial charge in [-0.2, -0.15) is 13.2 Å². The summed E-state index contributed by atoms with van der Waals surface area (Å²) in [7, 11) is 0. The molecule has 0 fully saturated rings. The molecule has 0 saturated heterocycles. The third-order valence-electron chi connectivity index (χ3n) is 3.56. The number of thioether (sulfide) groups is 1. The number of hydrogen-bond acceptors (Lipinski definition) is 7. The molecule has 0 aromatic carbocycles. The van der Waals surface area contributed by atoms with Crippen LogP contribution in [0.2, 0.25) is 5.02 Å². The summed E-state index contributed by atoms with van der Waals surface area (Å²) in [4.78, 5) is 0.834. The third kappa shape index (κ3) is 3.54. The van der Waals surface area contributed by atoms with Crippen LogP contribution in [-0.2, 0) is 6.18 Å². The van der Waals surface area contributed by atoms with Crippen molar-refractivity contribution >= 4 is 40.3 Å². The zero-order valence-electron chi connectivity index (χ0n) is 13.4. The molecule has 0 aliphatic carbocycles. The molecule has 4 rings (SSSR count). The van der Waals surface area contributed by atoms with Gasteiger partial charge in [0, 0.05) is 6.20 Å². The van der Waals surface area contributed by atoms with Crippen LogP contribution in [0, 0.1) is 0 Å².